The van der Waals surface area contributed by atoms with Crippen molar-refractivity contribution in [3.05, 3.63) is 36.2 Å². The maximum atomic E-state index is 10.6. The summed E-state index contributed by atoms with van der Waals surface area (Å²) in [6.07, 6.45) is 0.105. The molecular formula is C14H17N3O3. The highest BCUT2D eigenvalue weighted by molar-refractivity contribution is 5.66. The van der Waals surface area contributed by atoms with E-state index in [1.165, 1.54) is 0 Å². The first-order chi connectivity index (χ1) is 9.69. The van der Waals surface area contributed by atoms with Crippen molar-refractivity contribution in [2.24, 2.45) is 0 Å². The molecule has 0 aliphatic carbocycles. The van der Waals surface area contributed by atoms with Gasteiger partial charge in [-0.05, 0) is 18.7 Å². The number of benzene rings is 1. The lowest BCUT2D eigenvalue weighted by Crippen LogP contribution is -2.25. The van der Waals surface area contributed by atoms with Crippen LogP contribution in [0.4, 0.5) is 0 Å². The molecule has 0 atom stereocenters. The molecule has 0 aliphatic rings. The largest absolute Gasteiger partial charge is 0.481 e. The Labute approximate surface area is 117 Å². The minimum atomic E-state index is -0.807. The molecule has 0 unspecified atom stereocenters. The number of carbonyl (C=O) groups is 1. The Morgan fingerprint density at radius 3 is 2.70 bits per heavy atom. The van der Waals surface area contributed by atoms with Gasteiger partial charge in [0.2, 0.25) is 11.8 Å². The standard InChI is InChI=1S/C14H17N3O3/c1-2-17(9-8-13(18)19)10-12-15-16-14(20-12)11-6-4-3-5-7-11/h3-7H,2,8-10H2,1H3,(H,18,19). The second-order valence-corrected chi connectivity index (χ2v) is 4.38. The summed E-state index contributed by atoms with van der Waals surface area (Å²) in [5, 5.41) is 16.7. The van der Waals surface area contributed by atoms with Gasteiger partial charge in [-0.15, -0.1) is 10.2 Å². The third-order valence-corrected chi connectivity index (χ3v) is 2.94. The number of aromatic nitrogens is 2. The fraction of sp³-hybridized carbons (Fsp3) is 0.357. The van der Waals surface area contributed by atoms with Crippen molar-refractivity contribution >= 4 is 5.97 Å². The van der Waals surface area contributed by atoms with E-state index in [2.05, 4.69) is 10.2 Å². The molecule has 0 saturated carbocycles. The molecule has 0 spiro atoms. The summed E-state index contributed by atoms with van der Waals surface area (Å²) in [4.78, 5) is 12.5. The van der Waals surface area contributed by atoms with Crippen molar-refractivity contribution in [2.75, 3.05) is 13.1 Å². The van der Waals surface area contributed by atoms with E-state index in [4.69, 9.17) is 9.52 Å². The lowest BCUT2D eigenvalue weighted by molar-refractivity contribution is -0.137. The van der Waals surface area contributed by atoms with Crippen LogP contribution in [0, 0.1) is 0 Å². The zero-order valence-electron chi connectivity index (χ0n) is 11.3. The van der Waals surface area contributed by atoms with E-state index < -0.39 is 5.97 Å². The van der Waals surface area contributed by atoms with Crippen LogP contribution in [0.25, 0.3) is 11.5 Å². The van der Waals surface area contributed by atoms with Crippen molar-refractivity contribution in [1.82, 2.24) is 15.1 Å². The molecule has 1 N–H and O–H groups in total. The molecule has 1 aromatic carbocycles. The van der Waals surface area contributed by atoms with Crippen molar-refractivity contribution < 1.29 is 14.3 Å². The number of hydrogen-bond donors (Lipinski definition) is 1. The van der Waals surface area contributed by atoms with Crippen LogP contribution >= 0.6 is 0 Å². The molecule has 0 radical (unpaired) electrons. The highest BCUT2D eigenvalue weighted by Gasteiger charge is 2.12. The van der Waals surface area contributed by atoms with Crippen molar-refractivity contribution in [2.45, 2.75) is 19.9 Å². The molecule has 1 heterocycles. The van der Waals surface area contributed by atoms with E-state index in [1.807, 2.05) is 42.2 Å². The van der Waals surface area contributed by atoms with Crippen LogP contribution in [0.1, 0.15) is 19.2 Å². The van der Waals surface area contributed by atoms with Gasteiger partial charge in [0, 0.05) is 12.1 Å². The molecule has 0 aliphatic heterocycles. The Kier molecular flexibility index (Phi) is 4.84. The smallest absolute Gasteiger partial charge is 0.304 e. The summed E-state index contributed by atoms with van der Waals surface area (Å²) < 4.78 is 5.60. The molecule has 2 aromatic rings. The second-order valence-electron chi connectivity index (χ2n) is 4.38. The van der Waals surface area contributed by atoms with Gasteiger partial charge in [0.25, 0.3) is 0 Å². The van der Waals surface area contributed by atoms with Crippen LogP contribution in [-0.2, 0) is 11.3 Å². The topological polar surface area (TPSA) is 79.5 Å². The lowest BCUT2D eigenvalue weighted by Gasteiger charge is -2.16. The number of rotatable bonds is 7. The number of nitrogens with zero attached hydrogens (tertiary/aromatic N) is 3. The third kappa shape index (κ3) is 3.89. The molecular weight excluding hydrogens is 258 g/mol. The predicted molar refractivity (Wildman–Crippen MR) is 72.9 cm³/mol. The van der Waals surface area contributed by atoms with E-state index in [1.54, 1.807) is 0 Å². The summed E-state index contributed by atoms with van der Waals surface area (Å²) in [6.45, 7) is 3.63. The molecule has 20 heavy (non-hydrogen) atoms. The van der Waals surface area contributed by atoms with Crippen LogP contribution in [0.15, 0.2) is 34.7 Å². The Hall–Kier alpha value is -2.21. The highest BCUT2D eigenvalue weighted by Crippen LogP contribution is 2.17. The predicted octanol–water partition coefficient (Wildman–Crippen LogP) is 2.03. The molecule has 1 aromatic heterocycles. The van der Waals surface area contributed by atoms with Gasteiger partial charge in [-0.25, -0.2) is 0 Å². The molecule has 0 bridgehead atoms. The van der Waals surface area contributed by atoms with E-state index >= 15 is 0 Å². The first-order valence-electron chi connectivity index (χ1n) is 6.51. The molecule has 0 amide bonds. The minimum absolute atomic E-state index is 0.105. The zero-order chi connectivity index (χ0) is 14.4. The fourth-order valence-corrected chi connectivity index (χ4v) is 1.81. The third-order valence-electron chi connectivity index (χ3n) is 2.94. The number of hydrogen-bond acceptors (Lipinski definition) is 5. The Morgan fingerprint density at radius 1 is 1.30 bits per heavy atom. The summed E-state index contributed by atoms with van der Waals surface area (Å²) in [5.41, 5.74) is 0.875. The van der Waals surface area contributed by atoms with Gasteiger partial charge in [0.1, 0.15) is 0 Å². The second kappa shape index (κ2) is 6.81. The van der Waals surface area contributed by atoms with Crippen molar-refractivity contribution in [3.8, 4) is 11.5 Å². The van der Waals surface area contributed by atoms with Gasteiger partial charge in [-0.1, -0.05) is 25.1 Å². The quantitative estimate of drug-likeness (QED) is 0.833. The SMILES string of the molecule is CCN(CCC(=O)O)Cc1nnc(-c2ccccc2)o1. The average Bonchev–Trinajstić information content (AvgIpc) is 2.92. The van der Waals surface area contributed by atoms with Gasteiger partial charge in [-0.3, -0.25) is 9.69 Å². The maximum absolute atomic E-state index is 10.6. The monoisotopic (exact) mass is 275 g/mol. The fourth-order valence-electron chi connectivity index (χ4n) is 1.81. The van der Waals surface area contributed by atoms with E-state index in [0.717, 1.165) is 12.1 Å². The molecule has 6 heteroatoms. The van der Waals surface area contributed by atoms with E-state index in [9.17, 15) is 4.79 Å². The van der Waals surface area contributed by atoms with Gasteiger partial charge < -0.3 is 9.52 Å². The van der Waals surface area contributed by atoms with Crippen molar-refractivity contribution in [3.63, 3.8) is 0 Å². The Balaban J connectivity index is 2.00. The van der Waals surface area contributed by atoms with Gasteiger partial charge in [-0.2, -0.15) is 0 Å². The summed E-state index contributed by atoms with van der Waals surface area (Å²) >= 11 is 0. The summed E-state index contributed by atoms with van der Waals surface area (Å²) in [5.74, 6) is 0.171. The zero-order valence-corrected chi connectivity index (χ0v) is 11.3. The van der Waals surface area contributed by atoms with Crippen LogP contribution in [-0.4, -0.2) is 39.3 Å². The van der Waals surface area contributed by atoms with Crippen LogP contribution < -0.4 is 0 Å². The number of carboxylic acids is 1. The summed E-state index contributed by atoms with van der Waals surface area (Å²) in [6, 6.07) is 9.54. The Morgan fingerprint density at radius 2 is 2.05 bits per heavy atom. The van der Waals surface area contributed by atoms with Gasteiger partial charge in [0.15, 0.2) is 0 Å². The highest BCUT2D eigenvalue weighted by atomic mass is 16.4. The van der Waals surface area contributed by atoms with E-state index in [-0.39, 0.29) is 6.42 Å². The number of carboxylic acid groups (broad SMARTS) is 1. The lowest BCUT2D eigenvalue weighted by atomic mass is 10.2. The van der Waals surface area contributed by atoms with Gasteiger partial charge >= 0.3 is 5.97 Å². The minimum Gasteiger partial charge on any atom is -0.481 e. The van der Waals surface area contributed by atoms with Crippen LogP contribution in [0.2, 0.25) is 0 Å². The average molecular weight is 275 g/mol. The number of aliphatic carboxylic acids is 1. The Bertz CT molecular complexity index is 554. The van der Waals surface area contributed by atoms with E-state index in [0.29, 0.717) is 24.9 Å². The molecule has 2 rings (SSSR count). The van der Waals surface area contributed by atoms with Gasteiger partial charge in [0.05, 0.1) is 13.0 Å². The molecule has 0 saturated heterocycles. The molecule has 6 nitrogen and oxygen atoms in total. The van der Waals surface area contributed by atoms with Crippen LogP contribution in [0.3, 0.4) is 0 Å². The first kappa shape index (κ1) is 14.2. The molecule has 0 fully saturated rings. The molecule has 106 valence electrons. The van der Waals surface area contributed by atoms with Crippen molar-refractivity contribution in [1.29, 1.82) is 0 Å². The van der Waals surface area contributed by atoms with Crippen LogP contribution in [0.5, 0.6) is 0 Å². The maximum Gasteiger partial charge on any atom is 0.304 e. The first-order valence-corrected chi connectivity index (χ1v) is 6.51. The summed E-state index contributed by atoms with van der Waals surface area (Å²) in [7, 11) is 0. The normalized spacial score (nSPS) is 10.9.